The Kier molecular flexibility index (Phi) is 6.51. The second-order valence-corrected chi connectivity index (χ2v) is 8.16. The highest BCUT2D eigenvalue weighted by molar-refractivity contribution is 7.14. The molecule has 1 N–H and O–H groups in total. The van der Waals surface area contributed by atoms with Crippen molar-refractivity contribution in [1.82, 2.24) is 14.8 Å². The Morgan fingerprint density at radius 3 is 2.20 bits per heavy atom. The van der Waals surface area contributed by atoms with Crippen LogP contribution in [-0.4, -0.2) is 52.8 Å². The zero-order chi connectivity index (χ0) is 20.8. The molecule has 0 bridgehead atoms. The number of thiazole rings is 1. The molecule has 0 aliphatic carbocycles. The van der Waals surface area contributed by atoms with Gasteiger partial charge in [0.25, 0.3) is 5.91 Å². The first-order valence-corrected chi connectivity index (χ1v) is 10.9. The zero-order valence-electron chi connectivity index (χ0n) is 16.7. The molecule has 2 aromatic carbocycles. The first-order valence-electron chi connectivity index (χ1n) is 10.0. The molecule has 0 atom stereocenters. The quantitative estimate of drug-likeness (QED) is 0.665. The normalized spacial score (nSPS) is 14.5. The molecule has 154 valence electrons. The molecule has 6 nitrogen and oxygen atoms in total. The number of carbonyl (C=O) groups is 2. The lowest BCUT2D eigenvalue weighted by Crippen LogP contribution is -2.48. The van der Waals surface area contributed by atoms with E-state index in [-0.39, 0.29) is 18.2 Å². The van der Waals surface area contributed by atoms with E-state index in [9.17, 15) is 9.59 Å². The van der Waals surface area contributed by atoms with E-state index in [0.29, 0.717) is 23.9 Å². The summed E-state index contributed by atoms with van der Waals surface area (Å²) in [4.78, 5) is 33.5. The molecule has 1 saturated heterocycles. The summed E-state index contributed by atoms with van der Waals surface area (Å²) in [6, 6.07) is 19.9. The molecule has 0 saturated carbocycles. The molecule has 1 aliphatic rings. The number of aromatic nitrogens is 1. The first kappa shape index (κ1) is 20.3. The van der Waals surface area contributed by atoms with Gasteiger partial charge in [-0.15, -0.1) is 11.3 Å². The summed E-state index contributed by atoms with van der Waals surface area (Å²) in [6.45, 7) is 3.94. The number of nitrogens with one attached hydrogen (secondary N) is 1. The Labute approximate surface area is 180 Å². The van der Waals surface area contributed by atoms with Crippen molar-refractivity contribution in [2.24, 2.45) is 0 Å². The van der Waals surface area contributed by atoms with Crippen LogP contribution in [0.2, 0.25) is 0 Å². The van der Waals surface area contributed by atoms with Crippen LogP contribution in [0, 0.1) is 0 Å². The molecule has 4 rings (SSSR count). The van der Waals surface area contributed by atoms with E-state index in [2.05, 4.69) is 27.3 Å². The third-order valence-corrected chi connectivity index (χ3v) is 5.84. The lowest BCUT2D eigenvalue weighted by molar-refractivity contribution is -0.115. The number of nitrogens with zero attached hydrogens (tertiary/aromatic N) is 3. The van der Waals surface area contributed by atoms with Gasteiger partial charge in [-0.1, -0.05) is 60.7 Å². The largest absolute Gasteiger partial charge is 0.335 e. The molecule has 0 radical (unpaired) electrons. The number of amides is 2. The number of hydrogen-bond acceptors (Lipinski definition) is 5. The second-order valence-electron chi connectivity index (χ2n) is 7.30. The molecule has 1 fully saturated rings. The number of carbonyl (C=O) groups excluding carboxylic acids is 2. The van der Waals surface area contributed by atoms with Gasteiger partial charge in [0.15, 0.2) is 5.13 Å². The summed E-state index contributed by atoms with van der Waals surface area (Å²) in [5, 5.41) is 4.97. The number of piperazine rings is 1. The predicted octanol–water partition coefficient (Wildman–Crippen LogP) is 3.28. The standard InChI is InChI=1S/C23H24N4O2S/c28-21(15-18-7-3-1-4-8-18)25-23-24-20(17-30-23)22(29)27-13-11-26(12-14-27)16-19-9-5-2-6-10-19/h1-10,17H,11-16H2,(H,24,25,28). The monoisotopic (exact) mass is 420 g/mol. The average molecular weight is 421 g/mol. The fraction of sp³-hybridized carbons (Fsp3) is 0.261. The van der Waals surface area contributed by atoms with Gasteiger partial charge in [-0.05, 0) is 11.1 Å². The van der Waals surface area contributed by atoms with Gasteiger partial charge >= 0.3 is 0 Å². The van der Waals surface area contributed by atoms with Crippen molar-refractivity contribution in [3.05, 3.63) is 82.9 Å². The van der Waals surface area contributed by atoms with Crippen molar-refractivity contribution in [2.75, 3.05) is 31.5 Å². The predicted molar refractivity (Wildman–Crippen MR) is 119 cm³/mol. The molecule has 2 amide bonds. The maximum absolute atomic E-state index is 12.8. The summed E-state index contributed by atoms with van der Waals surface area (Å²) in [7, 11) is 0. The van der Waals surface area contributed by atoms with Crippen LogP contribution in [-0.2, 0) is 17.8 Å². The van der Waals surface area contributed by atoms with E-state index >= 15 is 0 Å². The summed E-state index contributed by atoms with van der Waals surface area (Å²) in [5.74, 6) is -0.210. The lowest BCUT2D eigenvalue weighted by Gasteiger charge is -2.34. The summed E-state index contributed by atoms with van der Waals surface area (Å²) < 4.78 is 0. The Bertz CT molecular complexity index is 983. The molecular formula is C23H24N4O2S. The average Bonchev–Trinajstić information content (AvgIpc) is 3.23. The van der Waals surface area contributed by atoms with Gasteiger partial charge in [-0.25, -0.2) is 4.98 Å². The van der Waals surface area contributed by atoms with Crippen molar-refractivity contribution < 1.29 is 9.59 Å². The zero-order valence-corrected chi connectivity index (χ0v) is 17.5. The molecule has 1 aromatic heterocycles. The number of hydrogen-bond donors (Lipinski definition) is 1. The van der Waals surface area contributed by atoms with Crippen molar-refractivity contribution >= 4 is 28.3 Å². The fourth-order valence-corrected chi connectivity index (χ4v) is 4.19. The summed E-state index contributed by atoms with van der Waals surface area (Å²) >= 11 is 1.28. The lowest BCUT2D eigenvalue weighted by atomic mass is 10.1. The summed E-state index contributed by atoms with van der Waals surface area (Å²) in [5.41, 5.74) is 2.62. The van der Waals surface area contributed by atoms with Gasteiger partial charge in [0.05, 0.1) is 6.42 Å². The molecule has 3 aromatic rings. The molecule has 2 heterocycles. The maximum Gasteiger partial charge on any atom is 0.273 e. The van der Waals surface area contributed by atoms with Crippen LogP contribution in [0.1, 0.15) is 21.6 Å². The van der Waals surface area contributed by atoms with Gasteiger partial charge in [0, 0.05) is 38.1 Å². The molecule has 7 heteroatoms. The fourth-order valence-electron chi connectivity index (χ4n) is 3.49. The van der Waals surface area contributed by atoms with E-state index in [1.165, 1.54) is 16.9 Å². The topological polar surface area (TPSA) is 65.5 Å². The number of benzene rings is 2. The minimum absolute atomic E-state index is 0.0748. The highest BCUT2D eigenvalue weighted by Crippen LogP contribution is 2.18. The minimum Gasteiger partial charge on any atom is -0.335 e. The van der Waals surface area contributed by atoms with Crippen molar-refractivity contribution in [1.29, 1.82) is 0 Å². The third kappa shape index (κ3) is 5.31. The maximum atomic E-state index is 12.8. The van der Waals surface area contributed by atoms with Crippen LogP contribution < -0.4 is 5.32 Å². The van der Waals surface area contributed by atoms with E-state index in [1.807, 2.05) is 53.4 Å². The van der Waals surface area contributed by atoms with Crippen molar-refractivity contribution in [3.63, 3.8) is 0 Å². The highest BCUT2D eigenvalue weighted by atomic mass is 32.1. The van der Waals surface area contributed by atoms with Gasteiger partial charge in [0.1, 0.15) is 5.69 Å². The Balaban J connectivity index is 1.27. The Hall–Kier alpha value is -3.03. The van der Waals surface area contributed by atoms with Gasteiger partial charge < -0.3 is 10.2 Å². The molecule has 1 aliphatic heterocycles. The molecule has 0 spiro atoms. The molecule has 0 unspecified atom stereocenters. The van der Waals surface area contributed by atoms with Crippen molar-refractivity contribution in [3.8, 4) is 0 Å². The Morgan fingerprint density at radius 1 is 0.900 bits per heavy atom. The first-order chi connectivity index (χ1) is 14.7. The van der Waals surface area contributed by atoms with Gasteiger partial charge in [-0.2, -0.15) is 0 Å². The van der Waals surface area contributed by atoms with Gasteiger partial charge in [-0.3, -0.25) is 14.5 Å². The van der Waals surface area contributed by atoms with Crippen LogP contribution in [0.15, 0.2) is 66.0 Å². The summed E-state index contributed by atoms with van der Waals surface area (Å²) in [6.07, 6.45) is 0.285. The SMILES string of the molecule is O=C(Cc1ccccc1)Nc1nc(C(=O)N2CCN(Cc3ccccc3)CC2)cs1. The minimum atomic E-state index is -0.135. The third-order valence-electron chi connectivity index (χ3n) is 5.09. The van der Waals surface area contributed by atoms with Crippen LogP contribution in [0.4, 0.5) is 5.13 Å². The van der Waals surface area contributed by atoms with E-state index in [4.69, 9.17) is 0 Å². The Morgan fingerprint density at radius 2 is 1.53 bits per heavy atom. The molecular weight excluding hydrogens is 396 g/mol. The highest BCUT2D eigenvalue weighted by Gasteiger charge is 2.24. The number of rotatable bonds is 6. The molecule has 30 heavy (non-hydrogen) atoms. The second kappa shape index (κ2) is 9.65. The van der Waals surface area contributed by atoms with E-state index in [0.717, 1.165) is 25.2 Å². The van der Waals surface area contributed by atoms with E-state index in [1.54, 1.807) is 5.38 Å². The van der Waals surface area contributed by atoms with Crippen LogP contribution in [0.3, 0.4) is 0 Å². The smallest absolute Gasteiger partial charge is 0.273 e. The van der Waals surface area contributed by atoms with Crippen LogP contribution >= 0.6 is 11.3 Å². The van der Waals surface area contributed by atoms with Crippen LogP contribution in [0.25, 0.3) is 0 Å². The van der Waals surface area contributed by atoms with Crippen molar-refractivity contribution in [2.45, 2.75) is 13.0 Å². The van der Waals surface area contributed by atoms with E-state index < -0.39 is 0 Å². The van der Waals surface area contributed by atoms with Crippen LogP contribution in [0.5, 0.6) is 0 Å². The van der Waals surface area contributed by atoms with Gasteiger partial charge in [0.2, 0.25) is 5.91 Å². The number of anilines is 1.